The lowest BCUT2D eigenvalue weighted by molar-refractivity contribution is 0.849. The largest absolute Gasteiger partial charge is 0.368 e. The van der Waals surface area contributed by atoms with Crippen molar-refractivity contribution in [3.05, 3.63) is 42.2 Å². The lowest BCUT2D eigenvalue weighted by Gasteiger charge is -2.09. The minimum absolute atomic E-state index is 0.281. The number of benzene rings is 1. The summed E-state index contributed by atoms with van der Waals surface area (Å²) in [6, 6.07) is 8.60. The molecule has 0 fully saturated rings. The molecule has 2 aromatic heterocycles. The van der Waals surface area contributed by atoms with Crippen molar-refractivity contribution >= 4 is 22.7 Å². The first-order valence-corrected chi connectivity index (χ1v) is 7.47. The Labute approximate surface area is 129 Å². The van der Waals surface area contributed by atoms with Gasteiger partial charge in [0.15, 0.2) is 5.82 Å². The molecule has 3 rings (SSSR count). The number of anilines is 2. The molecule has 0 bridgehead atoms. The van der Waals surface area contributed by atoms with Gasteiger partial charge in [-0.15, -0.1) is 5.10 Å². The molecule has 2 heterocycles. The maximum atomic E-state index is 4.39. The molecule has 0 aliphatic rings. The molecule has 0 aliphatic carbocycles. The second kappa shape index (κ2) is 6.43. The van der Waals surface area contributed by atoms with Crippen molar-refractivity contribution in [1.82, 2.24) is 20.2 Å². The predicted octanol–water partition coefficient (Wildman–Crippen LogP) is 2.83. The summed E-state index contributed by atoms with van der Waals surface area (Å²) in [5.74, 6) is 1.28. The lowest BCUT2D eigenvalue weighted by Crippen LogP contribution is -2.14. The van der Waals surface area contributed by atoms with E-state index in [-0.39, 0.29) is 6.04 Å². The summed E-state index contributed by atoms with van der Waals surface area (Å²) in [5.41, 5.74) is 2.47. The second-order valence-corrected chi connectivity index (χ2v) is 5.50. The minimum atomic E-state index is 0.281. The Morgan fingerprint density at radius 2 is 2.09 bits per heavy atom. The Balaban J connectivity index is 1.61. The van der Waals surface area contributed by atoms with Gasteiger partial charge in [0.2, 0.25) is 5.95 Å². The molecule has 6 heteroatoms. The van der Waals surface area contributed by atoms with Crippen LogP contribution in [0.3, 0.4) is 0 Å². The van der Waals surface area contributed by atoms with Crippen molar-refractivity contribution in [2.75, 3.05) is 17.2 Å². The van der Waals surface area contributed by atoms with Gasteiger partial charge >= 0.3 is 0 Å². The molecule has 0 saturated heterocycles. The van der Waals surface area contributed by atoms with E-state index in [0.29, 0.717) is 5.95 Å². The van der Waals surface area contributed by atoms with Gasteiger partial charge in [-0.05, 0) is 31.9 Å². The molecule has 0 radical (unpaired) electrons. The first-order valence-electron chi connectivity index (χ1n) is 7.47. The van der Waals surface area contributed by atoms with Crippen LogP contribution in [-0.4, -0.2) is 32.8 Å². The van der Waals surface area contributed by atoms with Crippen molar-refractivity contribution in [2.45, 2.75) is 26.3 Å². The Morgan fingerprint density at radius 1 is 1.23 bits per heavy atom. The third kappa shape index (κ3) is 3.33. The number of nitrogens with one attached hydrogen (secondary N) is 3. The Morgan fingerprint density at radius 3 is 2.95 bits per heavy atom. The number of aromatic nitrogens is 4. The molecule has 0 spiro atoms. The van der Waals surface area contributed by atoms with Crippen LogP contribution >= 0.6 is 0 Å². The molecule has 0 unspecified atom stereocenters. The number of rotatable bonds is 6. The topological polar surface area (TPSA) is 78.5 Å². The van der Waals surface area contributed by atoms with Gasteiger partial charge in [-0.2, -0.15) is 10.1 Å². The summed E-state index contributed by atoms with van der Waals surface area (Å²) in [6.07, 6.45) is 4.62. The Kier molecular flexibility index (Phi) is 4.18. The Bertz CT molecular complexity index is 749. The zero-order valence-electron chi connectivity index (χ0n) is 12.8. The number of fused-ring (bicyclic) bond motifs is 1. The third-order valence-electron chi connectivity index (χ3n) is 3.35. The van der Waals surface area contributed by atoms with Gasteiger partial charge in [-0.3, -0.25) is 0 Å². The van der Waals surface area contributed by atoms with Crippen LogP contribution < -0.4 is 10.6 Å². The number of nitrogens with zero attached hydrogens (tertiary/aromatic N) is 3. The summed E-state index contributed by atoms with van der Waals surface area (Å²) < 4.78 is 0. The van der Waals surface area contributed by atoms with Gasteiger partial charge in [-0.1, -0.05) is 18.2 Å². The summed E-state index contributed by atoms with van der Waals surface area (Å²) in [6.45, 7) is 4.88. The molecule has 0 aliphatic heterocycles. The van der Waals surface area contributed by atoms with Crippen LogP contribution in [0.4, 0.5) is 11.8 Å². The smallest absolute Gasteiger partial charge is 0.244 e. The van der Waals surface area contributed by atoms with Crippen molar-refractivity contribution in [2.24, 2.45) is 0 Å². The molecule has 22 heavy (non-hydrogen) atoms. The van der Waals surface area contributed by atoms with Crippen molar-refractivity contribution < 1.29 is 0 Å². The number of aromatic amines is 1. The maximum absolute atomic E-state index is 4.39. The lowest BCUT2D eigenvalue weighted by atomic mass is 10.1. The fourth-order valence-electron chi connectivity index (χ4n) is 2.37. The van der Waals surface area contributed by atoms with Crippen LogP contribution in [0, 0.1) is 0 Å². The van der Waals surface area contributed by atoms with E-state index < -0.39 is 0 Å². The molecule has 1 aromatic carbocycles. The van der Waals surface area contributed by atoms with Crippen LogP contribution in [0.25, 0.3) is 10.9 Å². The summed E-state index contributed by atoms with van der Waals surface area (Å²) in [5, 5.41) is 15.6. The molecular weight excluding hydrogens is 276 g/mol. The van der Waals surface area contributed by atoms with Gasteiger partial charge in [0.25, 0.3) is 0 Å². The van der Waals surface area contributed by atoms with E-state index in [1.165, 1.54) is 16.5 Å². The third-order valence-corrected chi connectivity index (χ3v) is 3.35. The zero-order valence-corrected chi connectivity index (χ0v) is 12.8. The molecule has 0 atom stereocenters. The van der Waals surface area contributed by atoms with E-state index in [9.17, 15) is 0 Å². The molecule has 0 amide bonds. The van der Waals surface area contributed by atoms with Crippen LogP contribution in [0.5, 0.6) is 0 Å². The van der Waals surface area contributed by atoms with E-state index in [0.717, 1.165) is 18.8 Å². The van der Waals surface area contributed by atoms with E-state index >= 15 is 0 Å². The molecule has 6 nitrogen and oxygen atoms in total. The van der Waals surface area contributed by atoms with Gasteiger partial charge < -0.3 is 15.6 Å². The van der Waals surface area contributed by atoms with Crippen molar-refractivity contribution in [3.63, 3.8) is 0 Å². The van der Waals surface area contributed by atoms with Crippen LogP contribution in [-0.2, 0) is 6.42 Å². The fourth-order valence-corrected chi connectivity index (χ4v) is 2.37. The van der Waals surface area contributed by atoms with Crippen LogP contribution in [0.1, 0.15) is 19.4 Å². The monoisotopic (exact) mass is 296 g/mol. The highest BCUT2D eigenvalue weighted by molar-refractivity contribution is 5.83. The molecule has 3 N–H and O–H groups in total. The molecular formula is C16H20N6. The summed E-state index contributed by atoms with van der Waals surface area (Å²) in [7, 11) is 0. The average molecular weight is 296 g/mol. The molecule has 3 aromatic rings. The first-order chi connectivity index (χ1) is 10.7. The van der Waals surface area contributed by atoms with E-state index in [1.807, 2.05) is 19.9 Å². The first kappa shape index (κ1) is 14.3. The van der Waals surface area contributed by atoms with Gasteiger partial charge in [0.05, 0.1) is 6.20 Å². The van der Waals surface area contributed by atoms with E-state index in [2.05, 4.69) is 55.2 Å². The fraction of sp³-hybridized carbons (Fsp3) is 0.312. The number of hydrogen-bond acceptors (Lipinski definition) is 5. The number of para-hydroxylation sites is 1. The number of H-pyrrole nitrogens is 1. The number of hydrogen-bond donors (Lipinski definition) is 3. The van der Waals surface area contributed by atoms with Crippen molar-refractivity contribution in [3.8, 4) is 0 Å². The minimum Gasteiger partial charge on any atom is -0.368 e. The maximum Gasteiger partial charge on any atom is 0.244 e. The average Bonchev–Trinajstić information content (AvgIpc) is 2.91. The highest BCUT2D eigenvalue weighted by Gasteiger charge is 2.04. The molecule has 114 valence electrons. The molecule has 0 saturated carbocycles. The normalized spacial score (nSPS) is 11.0. The SMILES string of the molecule is CC(C)Nc1nncc(NCCc2c[nH]c3ccccc23)n1. The summed E-state index contributed by atoms with van der Waals surface area (Å²) in [4.78, 5) is 7.68. The predicted molar refractivity (Wildman–Crippen MR) is 89.1 cm³/mol. The van der Waals surface area contributed by atoms with Crippen LogP contribution in [0.2, 0.25) is 0 Å². The Hall–Kier alpha value is -2.63. The highest BCUT2D eigenvalue weighted by atomic mass is 15.3. The van der Waals surface area contributed by atoms with E-state index in [1.54, 1.807) is 6.20 Å². The van der Waals surface area contributed by atoms with E-state index in [4.69, 9.17) is 0 Å². The highest BCUT2D eigenvalue weighted by Crippen LogP contribution is 2.18. The van der Waals surface area contributed by atoms with Crippen molar-refractivity contribution in [1.29, 1.82) is 0 Å². The van der Waals surface area contributed by atoms with Crippen LogP contribution in [0.15, 0.2) is 36.7 Å². The quantitative estimate of drug-likeness (QED) is 0.652. The van der Waals surface area contributed by atoms with Gasteiger partial charge in [0, 0.05) is 29.7 Å². The van der Waals surface area contributed by atoms with Gasteiger partial charge in [-0.25, -0.2) is 0 Å². The zero-order chi connectivity index (χ0) is 15.4. The van der Waals surface area contributed by atoms with Gasteiger partial charge in [0.1, 0.15) is 0 Å². The summed E-state index contributed by atoms with van der Waals surface area (Å²) >= 11 is 0. The standard InChI is InChI=1S/C16H20N6/c1-11(2)20-16-21-15(10-19-22-16)17-8-7-12-9-18-14-6-4-3-5-13(12)14/h3-6,9-11,18H,7-8H2,1-2H3,(H2,17,20,21,22). The second-order valence-electron chi connectivity index (χ2n) is 5.50.